The molecular formula is C41H85N. The van der Waals surface area contributed by atoms with Crippen molar-refractivity contribution in [3.63, 3.8) is 0 Å². The van der Waals surface area contributed by atoms with E-state index < -0.39 is 0 Å². The van der Waals surface area contributed by atoms with Crippen LogP contribution in [-0.4, -0.2) is 24.0 Å². The summed E-state index contributed by atoms with van der Waals surface area (Å²) in [4.78, 5) is 3.02. The lowest BCUT2D eigenvalue weighted by Crippen LogP contribution is -2.37. The zero-order valence-electron chi connectivity index (χ0n) is 30.5. The minimum Gasteiger partial charge on any atom is -0.300 e. The molecule has 0 amide bonds. The predicted octanol–water partition coefficient (Wildman–Crippen LogP) is 15.0. The maximum atomic E-state index is 3.02. The number of rotatable bonds is 37. The van der Waals surface area contributed by atoms with Crippen molar-refractivity contribution in [2.24, 2.45) is 0 Å². The van der Waals surface area contributed by atoms with Gasteiger partial charge in [0.2, 0.25) is 0 Å². The maximum Gasteiger partial charge on any atom is 0.00952 e. The van der Waals surface area contributed by atoms with Gasteiger partial charge in [-0.25, -0.2) is 0 Å². The number of nitrogens with zero attached hydrogens (tertiary/aromatic N) is 1. The van der Waals surface area contributed by atoms with Crippen LogP contribution in [0.3, 0.4) is 0 Å². The lowest BCUT2D eigenvalue weighted by atomic mass is 9.97. The van der Waals surface area contributed by atoms with Gasteiger partial charge in [-0.15, -0.1) is 0 Å². The first-order valence-electron chi connectivity index (χ1n) is 20.5. The second-order valence-corrected chi connectivity index (χ2v) is 14.2. The smallest absolute Gasteiger partial charge is 0.00952 e. The number of hydrogen-bond donors (Lipinski definition) is 0. The summed E-state index contributed by atoms with van der Waals surface area (Å²) in [6.45, 7) is 12.1. The average Bonchev–Trinajstić information content (AvgIpc) is 3.00. The molecule has 0 radical (unpaired) electrons. The summed E-state index contributed by atoms with van der Waals surface area (Å²) >= 11 is 0. The third-order valence-corrected chi connectivity index (χ3v) is 9.90. The largest absolute Gasteiger partial charge is 0.300 e. The summed E-state index contributed by atoms with van der Waals surface area (Å²) in [5.74, 6) is 0. The third kappa shape index (κ3) is 31.4. The van der Waals surface area contributed by atoms with Crippen molar-refractivity contribution >= 4 is 0 Å². The molecule has 0 aliphatic rings. The fraction of sp³-hybridized carbons (Fsp3) is 1.00. The molecule has 0 bridgehead atoms. The van der Waals surface area contributed by atoms with Crippen LogP contribution in [0, 0.1) is 0 Å². The molecule has 1 nitrogen and oxygen atoms in total. The van der Waals surface area contributed by atoms with Crippen molar-refractivity contribution in [3.8, 4) is 0 Å². The highest BCUT2D eigenvalue weighted by molar-refractivity contribution is 4.73. The zero-order chi connectivity index (χ0) is 30.6. The molecule has 0 aromatic rings. The standard InChI is InChI=1S/C41H85N/c1-5-9-13-17-21-25-29-33-37-41(38-34-30-26-22-18-14-10-6-2)42(39-35-31-27-23-19-15-11-7-3)40-36-32-28-24-20-16-12-8-4/h41H,5-40H2,1-4H3. The van der Waals surface area contributed by atoms with Crippen molar-refractivity contribution < 1.29 is 0 Å². The molecule has 0 aromatic carbocycles. The van der Waals surface area contributed by atoms with Gasteiger partial charge in [0, 0.05) is 6.04 Å². The first-order chi connectivity index (χ1) is 20.8. The fourth-order valence-corrected chi connectivity index (χ4v) is 6.91. The Morgan fingerprint density at radius 1 is 0.262 bits per heavy atom. The van der Waals surface area contributed by atoms with Gasteiger partial charge in [0.15, 0.2) is 0 Å². The Bertz CT molecular complexity index is 378. The Labute approximate surface area is 269 Å². The predicted molar refractivity (Wildman–Crippen MR) is 195 cm³/mol. The third-order valence-electron chi connectivity index (χ3n) is 9.90. The summed E-state index contributed by atoms with van der Waals surface area (Å²) in [6, 6.07) is 0.860. The minimum atomic E-state index is 0.860. The molecule has 0 aromatic heterocycles. The summed E-state index contributed by atoms with van der Waals surface area (Å²) in [7, 11) is 0. The van der Waals surface area contributed by atoms with E-state index in [9.17, 15) is 0 Å². The Hall–Kier alpha value is -0.0400. The van der Waals surface area contributed by atoms with Crippen LogP contribution in [-0.2, 0) is 0 Å². The Kier molecular flexibility index (Phi) is 37.1. The topological polar surface area (TPSA) is 3.24 Å². The molecule has 0 saturated carbocycles. The zero-order valence-corrected chi connectivity index (χ0v) is 30.5. The molecule has 0 heterocycles. The van der Waals surface area contributed by atoms with Crippen LogP contribution < -0.4 is 0 Å². The van der Waals surface area contributed by atoms with Crippen LogP contribution in [0.5, 0.6) is 0 Å². The first-order valence-corrected chi connectivity index (χ1v) is 20.5. The molecule has 1 heteroatoms. The van der Waals surface area contributed by atoms with Crippen LogP contribution in [0.25, 0.3) is 0 Å². The number of unbranched alkanes of at least 4 members (excludes halogenated alkanes) is 28. The van der Waals surface area contributed by atoms with Gasteiger partial charge in [0.25, 0.3) is 0 Å². The van der Waals surface area contributed by atoms with Gasteiger partial charge >= 0.3 is 0 Å². The molecule has 0 aliphatic heterocycles. The molecule has 0 rings (SSSR count). The summed E-state index contributed by atoms with van der Waals surface area (Å²) in [5, 5.41) is 0. The SMILES string of the molecule is CCCCCCCCCCC(CCCCCCCCCC)N(CCCCCCCCCC)CCCCCCCCCC. The second-order valence-electron chi connectivity index (χ2n) is 14.2. The van der Waals surface area contributed by atoms with Gasteiger partial charge in [-0.1, -0.05) is 220 Å². The van der Waals surface area contributed by atoms with Crippen molar-refractivity contribution in [3.05, 3.63) is 0 Å². The highest BCUT2D eigenvalue weighted by Crippen LogP contribution is 2.22. The van der Waals surface area contributed by atoms with Crippen LogP contribution in [0.4, 0.5) is 0 Å². The molecule has 254 valence electrons. The van der Waals surface area contributed by atoms with Gasteiger partial charge in [0.1, 0.15) is 0 Å². The highest BCUT2D eigenvalue weighted by Gasteiger charge is 2.17. The molecule has 0 atom stereocenters. The summed E-state index contributed by atoms with van der Waals surface area (Å²) < 4.78 is 0. The lowest BCUT2D eigenvalue weighted by Gasteiger charge is -2.32. The lowest BCUT2D eigenvalue weighted by molar-refractivity contribution is 0.163. The molecule has 0 aliphatic carbocycles. The molecular weight excluding hydrogens is 506 g/mol. The summed E-state index contributed by atoms with van der Waals surface area (Å²) in [5.41, 5.74) is 0. The van der Waals surface area contributed by atoms with E-state index in [0.29, 0.717) is 0 Å². The van der Waals surface area contributed by atoms with Gasteiger partial charge in [-0.05, 0) is 38.8 Å². The fourth-order valence-electron chi connectivity index (χ4n) is 6.91. The van der Waals surface area contributed by atoms with Crippen LogP contribution in [0.15, 0.2) is 0 Å². The minimum absolute atomic E-state index is 0.860. The van der Waals surface area contributed by atoms with Crippen LogP contribution >= 0.6 is 0 Å². The van der Waals surface area contributed by atoms with E-state index in [4.69, 9.17) is 0 Å². The van der Waals surface area contributed by atoms with E-state index in [0.717, 1.165) is 6.04 Å². The molecule has 0 fully saturated rings. The molecule has 0 N–H and O–H groups in total. The van der Waals surface area contributed by atoms with E-state index in [-0.39, 0.29) is 0 Å². The van der Waals surface area contributed by atoms with E-state index >= 15 is 0 Å². The van der Waals surface area contributed by atoms with E-state index in [1.807, 2.05) is 0 Å². The molecule has 42 heavy (non-hydrogen) atoms. The van der Waals surface area contributed by atoms with Crippen molar-refractivity contribution in [1.82, 2.24) is 4.90 Å². The van der Waals surface area contributed by atoms with Gasteiger partial charge in [0.05, 0.1) is 0 Å². The summed E-state index contributed by atoms with van der Waals surface area (Å²) in [6.07, 6.45) is 49.4. The van der Waals surface area contributed by atoms with Crippen molar-refractivity contribution in [2.75, 3.05) is 13.1 Å². The monoisotopic (exact) mass is 592 g/mol. The van der Waals surface area contributed by atoms with Crippen molar-refractivity contribution in [1.29, 1.82) is 0 Å². The highest BCUT2D eigenvalue weighted by atomic mass is 15.1. The number of hydrogen-bond acceptors (Lipinski definition) is 1. The van der Waals surface area contributed by atoms with E-state index in [1.54, 1.807) is 0 Å². The van der Waals surface area contributed by atoms with Gasteiger partial charge in [-0.3, -0.25) is 0 Å². The molecule has 0 spiro atoms. The van der Waals surface area contributed by atoms with Gasteiger partial charge in [-0.2, -0.15) is 0 Å². The average molecular weight is 592 g/mol. The van der Waals surface area contributed by atoms with Crippen LogP contribution in [0.2, 0.25) is 0 Å². The molecule has 0 unspecified atom stereocenters. The van der Waals surface area contributed by atoms with Crippen molar-refractivity contribution in [2.45, 2.75) is 252 Å². The first kappa shape index (κ1) is 42.0. The van der Waals surface area contributed by atoms with Gasteiger partial charge < -0.3 is 4.90 Å². The quantitative estimate of drug-likeness (QED) is 0.0649. The van der Waals surface area contributed by atoms with E-state index in [2.05, 4.69) is 32.6 Å². The second kappa shape index (κ2) is 37.1. The van der Waals surface area contributed by atoms with E-state index in [1.165, 1.54) is 231 Å². The van der Waals surface area contributed by atoms with Crippen LogP contribution in [0.1, 0.15) is 246 Å². The normalized spacial score (nSPS) is 11.9. The Morgan fingerprint density at radius 3 is 0.738 bits per heavy atom. The Balaban J connectivity index is 4.75. The maximum absolute atomic E-state index is 3.02. The Morgan fingerprint density at radius 2 is 0.476 bits per heavy atom. The molecule has 0 saturated heterocycles.